The van der Waals surface area contributed by atoms with E-state index in [0.29, 0.717) is 91.3 Å². The van der Waals surface area contributed by atoms with Gasteiger partial charge in [-0.05, 0) is 187 Å². The molecule has 1 rings (SSSR count). The molecule has 89 heavy (non-hydrogen) atoms. The van der Waals surface area contributed by atoms with Gasteiger partial charge in [0.05, 0.1) is 32.8 Å². The smallest absolute Gasteiger partial charge is 0.329 e. The van der Waals surface area contributed by atoms with Gasteiger partial charge in [0.25, 0.3) is 0 Å². The number of methoxy groups -OCH3 is 1. The molecular formula is C79H160O9S. The number of hydrogen-bond acceptors (Lipinski definition) is 9. The summed E-state index contributed by atoms with van der Waals surface area (Å²) in [5, 5.41) is 8.77. The van der Waals surface area contributed by atoms with E-state index in [2.05, 4.69) is 226 Å². The highest BCUT2D eigenvalue weighted by Crippen LogP contribution is 2.50. The molecule has 0 radical (unpaired) electrons. The maximum absolute atomic E-state index is 12.0. The molecule has 11 atom stereocenters. The average molecular weight is 1290 g/mol. The molecule has 0 amide bonds. The molecule has 1 aliphatic heterocycles. The Morgan fingerprint density at radius 1 is 0.517 bits per heavy atom. The number of ether oxygens (including phenoxy) is 4. The third-order valence-electron chi connectivity index (χ3n) is 22.9. The molecule has 1 saturated heterocycles. The van der Waals surface area contributed by atoms with Crippen molar-refractivity contribution >= 4 is 37.4 Å². The van der Waals surface area contributed by atoms with Gasteiger partial charge in [0.2, 0.25) is 0 Å². The van der Waals surface area contributed by atoms with Gasteiger partial charge in [-0.25, -0.2) is 4.79 Å². The van der Waals surface area contributed by atoms with Crippen molar-refractivity contribution in [1.29, 1.82) is 0 Å². The predicted molar refractivity (Wildman–Crippen MR) is 392 cm³/mol. The minimum absolute atomic E-state index is 0. The van der Waals surface area contributed by atoms with Gasteiger partial charge in [-0.1, -0.05) is 241 Å². The summed E-state index contributed by atoms with van der Waals surface area (Å²) in [4.78, 5) is 44.2. The quantitative estimate of drug-likeness (QED) is 0.0296. The lowest BCUT2D eigenvalue weighted by Crippen LogP contribution is -2.40. The number of carbonyl (C=O) groups excluding carboxylic acids is 4. The van der Waals surface area contributed by atoms with Crippen molar-refractivity contribution in [3.05, 3.63) is 12.7 Å². The fraction of sp³-hybridized carbons (Fsp3) is 0.924. The Labute approximate surface area is 564 Å². The van der Waals surface area contributed by atoms with E-state index < -0.39 is 5.97 Å². The Morgan fingerprint density at radius 3 is 1.19 bits per heavy atom. The first-order valence-electron chi connectivity index (χ1n) is 36.2. The van der Waals surface area contributed by atoms with Crippen LogP contribution in [0.25, 0.3) is 0 Å². The van der Waals surface area contributed by atoms with Crippen molar-refractivity contribution < 1.29 is 43.2 Å². The highest BCUT2D eigenvalue weighted by Gasteiger charge is 2.43. The summed E-state index contributed by atoms with van der Waals surface area (Å²) in [7, 11) is 1.31. The number of unbranched alkanes of at least 4 members (excludes halogenated alkanes) is 2. The van der Waals surface area contributed by atoms with E-state index in [4.69, 9.17) is 19.3 Å². The zero-order chi connectivity index (χ0) is 70.2. The summed E-state index contributed by atoms with van der Waals surface area (Å²) in [6, 6.07) is 0. The van der Waals surface area contributed by atoms with E-state index in [-0.39, 0.29) is 54.8 Å². The SMILES string of the molecule is C=CC(=O)OC.CC(C)C(C)C(C)C(C)C(C)C.CC(COC(=O)CCCCCO)CC(C)(C(C)C(C)C)C(C)C(C)C.CCC(C)CC(C)(C(C)C(C)C)C(C)C(C)C.CCOC(=O)C(C)CC(C)(C(C)C(C)C)C(C)C(C)C.O=C1CCCCCO1.S. The number of hydrogen-bond donors (Lipinski definition) is 1. The number of esters is 4. The first-order valence-corrected chi connectivity index (χ1v) is 36.2. The Balaban J connectivity index is -0.000000244. The average Bonchev–Trinajstić information content (AvgIpc) is 3.62. The second kappa shape index (κ2) is 52.2. The van der Waals surface area contributed by atoms with Crippen LogP contribution in [0.1, 0.15) is 306 Å². The van der Waals surface area contributed by atoms with Gasteiger partial charge in [-0.3, -0.25) is 14.4 Å². The molecule has 0 aromatic carbocycles. The number of aliphatic hydroxyl groups excluding tert-OH is 1. The van der Waals surface area contributed by atoms with E-state index in [1.807, 2.05) is 13.8 Å². The van der Waals surface area contributed by atoms with Crippen LogP contribution >= 0.6 is 13.5 Å². The summed E-state index contributed by atoms with van der Waals surface area (Å²) >= 11 is 0. The first-order chi connectivity index (χ1) is 40.4. The lowest BCUT2D eigenvalue weighted by Gasteiger charge is -2.46. The molecule has 1 aliphatic rings. The minimum Gasteiger partial charge on any atom is -0.466 e. The predicted octanol–water partition coefficient (Wildman–Crippen LogP) is 22.6. The molecule has 0 aromatic rings. The normalized spacial score (nSPS) is 18.6. The van der Waals surface area contributed by atoms with Gasteiger partial charge in [-0.15, -0.1) is 0 Å². The molecule has 11 unspecified atom stereocenters. The van der Waals surface area contributed by atoms with Gasteiger partial charge >= 0.3 is 23.9 Å². The molecule has 536 valence electrons. The molecule has 10 heteroatoms. The number of cyclic esters (lactones) is 1. The Kier molecular flexibility index (Phi) is 57.5. The molecular weight excluding hydrogens is 1120 g/mol. The van der Waals surface area contributed by atoms with E-state index in [1.54, 1.807) is 0 Å². The van der Waals surface area contributed by atoms with Gasteiger partial charge < -0.3 is 24.1 Å². The standard InChI is InChI=1S/C22H44O3.C18H36O2.C17H36.C12H26.C6H10O2.C4H6O2.H2S/c1-16(2)19(6)22(8,20(7)17(3)4)14-18(5)15-25-21(24)12-10-9-11-13-23;1-10-20-17(19)14(6)11-18(9,15(7)12(2)3)16(8)13(4)5;1-10-14(6)11-17(9,15(7)12(2)3)16(8)13(4)5;1-8(2)10(5)12(7)11(6)9(3)4;7-6-4-2-1-3-5-8-6;1-3-4(5)6-2;/h16-20,23H,9-15H2,1-8H3;12-16H,10-11H2,1-9H3;12-16H,10-11H2,1-9H3;8-12H,1-7H3;1-5H2;3H,1H2,2H3;1H2. The van der Waals surface area contributed by atoms with Crippen molar-refractivity contribution in [2.45, 2.75) is 306 Å². The van der Waals surface area contributed by atoms with E-state index in [1.165, 1.54) is 20.0 Å². The fourth-order valence-electron chi connectivity index (χ4n) is 13.1. The van der Waals surface area contributed by atoms with E-state index in [9.17, 15) is 19.2 Å². The van der Waals surface area contributed by atoms with Crippen LogP contribution in [0.4, 0.5) is 0 Å². The summed E-state index contributed by atoms with van der Waals surface area (Å²) in [5.41, 5.74) is 0.890. The number of rotatable bonds is 33. The van der Waals surface area contributed by atoms with Crippen molar-refractivity contribution in [3.63, 3.8) is 0 Å². The van der Waals surface area contributed by atoms with Gasteiger partial charge in [-0.2, -0.15) is 13.5 Å². The Morgan fingerprint density at radius 2 is 0.888 bits per heavy atom. The largest absolute Gasteiger partial charge is 0.466 e. The third kappa shape index (κ3) is 40.7. The maximum Gasteiger partial charge on any atom is 0.329 e. The van der Waals surface area contributed by atoms with E-state index in [0.717, 1.165) is 117 Å². The van der Waals surface area contributed by atoms with Gasteiger partial charge in [0.1, 0.15) is 0 Å². The molecule has 0 aromatic heterocycles. The summed E-state index contributed by atoms with van der Waals surface area (Å²) in [5.74, 6) is 12.9. The molecule has 1 fully saturated rings. The van der Waals surface area contributed by atoms with Crippen LogP contribution in [0.5, 0.6) is 0 Å². The molecule has 9 nitrogen and oxygen atoms in total. The lowest BCUT2D eigenvalue weighted by molar-refractivity contribution is -0.150. The summed E-state index contributed by atoms with van der Waals surface area (Å²) in [6.45, 7) is 81.9. The zero-order valence-corrected chi connectivity index (χ0v) is 66.9. The van der Waals surface area contributed by atoms with Crippen molar-refractivity contribution in [3.8, 4) is 0 Å². The van der Waals surface area contributed by atoms with Crippen LogP contribution in [0.2, 0.25) is 0 Å². The Bertz CT molecular complexity index is 1690. The highest BCUT2D eigenvalue weighted by atomic mass is 32.1. The number of carbonyl (C=O) groups is 4. The number of aliphatic hydroxyl groups is 1. The molecule has 0 spiro atoms. The second-order valence-electron chi connectivity index (χ2n) is 31.6. The van der Waals surface area contributed by atoms with Crippen molar-refractivity contribution in [2.75, 3.05) is 33.5 Å². The summed E-state index contributed by atoms with van der Waals surface area (Å²) in [6.07, 6.45) is 12.5. The lowest BCUT2D eigenvalue weighted by atomic mass is 9.59. The van der Waals surface area contributed by atoms with Crippen LogP contribution in [0.15, 0.2) is 12.7 Å². The third-order valence-corrected chi connectivity index (χ3v) is 22.9. The zero-order valence-electron chi connectivity index (χ0n) is 65.9. The molecule has 1 N–H and O–H groups in total. The summed E-state index contributed by atoms with van der Waals surface area (Å²) < 4.78 is 19.6. The maximum atomic E-state index is 12.0. The fourth-order valence-corrected chi connectivity index (χ4v) is 13.1. The molecule has 0 bridgehead atoms. The van der Waals surface area contributed by atoms with Crippen LogP contribution in [0.3, 0.4) is 0 Å². The van der Waals surface area contributed by atoms with Crippen molar-refractivity contribution in [1.82, 2.24) is 0 Å². The monoisotopic (exact) mass is 1290 g/mol. The topological polar surface area (TPSA) is 125 Å². The van der Waals surface area contributed by atoms with Crippen LogP contribution in [-0.4, -0.2) is 62.5 Å². The minimum atomic E-state index is -0.394. The second-order valence-corrected chi connectivity index (χ2v) is 31.6. The van der Waals surface area contributed by atoms with Gasteiger partial charge in [0.15, 0.2) is 0 Å². The highest BCUT2D eigenvalue weighted by molar-refractivity contribution is 7.59. The van der Waals surface area contributed by atoms with Crippen LogP contribution < -0.4 is 0 Å². The van der Waals surface area contributed by atoms with Crippen LogP contribution in [-0.2, 0) is 38.1 Å². The van der Waals surface area contributed by atoms with Crippen LogP contribution in [0, 0.1) is 135 Å². The first kappa shape index (κ1) is 98.0. The molecule has 0 saturated carbocycles. The molecule has 0 aliphatic carbocycles. The molecule has 1 heterocycles. The van der Waals surface area contributed by atoms with E-state index >= 15 is 0 Å². The van der Waals surface area contributed by atoms with Crippen molar-refractivity contribution in [2.24, 2.45) is 135 Å². The Hall–Kier alpha value is -2.07. The van der Waals surface area contributed by atoms with Gasteiger partial charge in [0, 0.05) is 25.5 Å².